The molecule has 1 fully saturated rings. The maximum Gasteiger partial charge on any atom is 0.0367 e. The van der Waals surface area contributed by atoms with E-state index < -0.39 is 0 Å². The van der Waals surface area contributed by atoms with Gasteiger partial charge in [0.2, 0.25) is 0 Å². The van der Waals surface area contributed by atoms with Gasteiger partial charge in [0.25, 0.3) is 0 Å². The highest BCUT2D eigenvalue weighted by atomic mass is 79.9. The molecule has 1 aromatic carbocycles. The van der Waals surface area contributed by atoms with Crippen molar-refractivity contribution in [3.8, 4) is 0 Å². The van der Waals surface area contributed by atoms with E-state index in [0.29, 0.717) is 0 Å². The quantitative estimate of drug-likeness (QED) is 0.776. The second-order valence-corrected chi connectivity index (χ2v) is 4.65. The number of anilines is 1. The number of halogens is 1. The first-order valence-electron chi connectivity index (χ1n) is 5.48. The fraction of sp³-hybridized carbons (Fsp3) is 0.500. The summed E-state index contributed by atoms with van der Waals surface area (Å²) < 4.78 is 0. The van der Waals surface area contributed by atoms with Crippen LogP contribution in [0.4, 0.5) is 5.69 Å². The molecule has 1 aliphatic heterocycles. The van der Waals surface area contributed by atoms with Crippen LogP contribution in [0.1, 0.15) is 0 Å². The third-order valence-corrected chi connectivity index (χ3v) is 3.25. The Morgan fingerprint density at radius 1 is 1.00 bits per heavy atom. The number of para-hydroxylation sites is 1. The van der Waals surface area contributed by atoms with Crippen molar-refractivity contribution in [3.05, 3.63) is 30.3 Å². The summed E-state index contributed by atoms with van der Waals surface area (Å²) in [6.45, 7) is 5.83. The van der Waals surface area contributed by atoms with E-state index in [1.165, 1.54) is 25.3 Å². The fourth-order valence-corrected chi connectivity index (χ4v) is 2.49. The minimum absolute atomic E-state index is 1.08. The highest BCUT2D eigenvalue weighted by Crippen LogP contribution is 2.15. The molecule has 0 N–H and O–H groups in total. The Morgan fingerprint density at radius 3 is 2.27 bits per heavy atom. The van der Waals surface area contributed by atoms with Gasteiger partial charge in [0.15, 0.2) is 0 Å². The van der Waals surface area contributed by atoms with Crippen LogP contribution in [-0.4, -0.2) is 43.0 Å². The molecular weight excluding hydrogens is 252 g/mol. The molecule has 1 aromatic rings. The van der Waals surface area contributed by atoms with Gasteiger partial charge in [-0.2, -0.15) is 0 Å². The molecule has 0 spiro atoms. The molecule has 0 amide bonds. The molecule has 15 heavy (non-hydrogen) atoms. The minimum Gasteiger partial charge on any atom is -0.369 e. The zero-order valence-electron chi connectivity index (χ0n) is 8.90. The number of nitrogens with zero attached hydrogens (tertiary/aromatic N) is 2. The second kappa shape index (κ2) is 5.52. The summed E-state index contributed by atoms with van der Waals surface area (Å²) in [7, 11) is 0. The Kier molecular flexibility index (Phi) is 4.03. The molecule has 2 nitrogen and oxygen atoms in total. The summed E-state index contributed by atoms with van der Waals surface area (Å²) >= 11 is 3.49. The Hall–Kier alpha value is -0.540. The lowest BCUT2D eigenvalue weighted by molar-refractivity contribution is 0.274. The van der Waals surface area contributed by atoms with Crippen LogP contribution in [0, 0.1) is 0 Å². The van der Waals surface area contributed by atoms with E-state index in [1.54, 1.807) is 0 Å². The average Bonchev–Trinajstić information content (AvgIpc) is 2.32. The van der Waals surface area contributed by atoms with Gasteiger partial charge in [-0.25, -0.2) is 0 Å². The highest BCUT2D eigenvalue weighted by molar-refractivity contribution is 9.09. The van der Waals surface area contributed by atoms with Gasteiger partial charge in [0.1, 0.15) is 0 Å². The van der Waals surface area contributed by atoms with Crippen LogP contribution in [0.3, 0.4) is 0 Å². The first kappa shape index (κ1) is 11.0. The zero-order chi connectivity index (χ0) is 10.5. The molecule has 2 rings (SSSR count). The molecule has 0 aromatic heterocycles. The van der Waals surface area contributed by atoms with Gasteiger partial charge in [0.05, 0.1) is 0 Å². The van der Waals surface area contributed by atoms with E-state index >= 15 is 0 Å². The van der Waals surface area contributed by atoms with E-state index in [4.69, 9.17) is 0 Å². The van der Waals surface area contributed by atoms with Gasteiger partial charge in [-0.15, -0.1) is 0 Å². The van der Waals surface area contributed by atoms with Gasteiger partial charge >= 0.3 is 0 Å². The molecule has 1 aliphatic rings. The summed E-state index contributed by atoms with van der Waals surface area (Å²) in [6.07, 6.45) is 0. The summed E-state index contributed by atoms with van der Waals surface area (Å²) in [5, 5.41) is 1.08. The number of hydrogen-bond acceptors (Lipinski definition) is 2. The summed E-state index contributed by atoms with van der Waals surface area (Å²) in [5.41, 5.74) is 1.36. The molecule has 1 heterocycles. The van der Waals surface area contributed by atoms with Crippen LogP contribution < -0.4 is 4.90 Å². The lowest BCUT2D eigenvalue weighted by atomic mass is 10.2. The topological polar surface area (TPSA) is 6.48 Å². The van der Waals surface area contributed by atoms with Crippen molar-refractivity contribution < 1.29 is 0 Å². The molecule has 0 bridgehead atoms. The largest absolute Gasteiger partial charge is 0.369 e. The fourth-order valence-electron chi connectivity index (χ4n) is 1.99. The minimum atomic E-state index is 1.08. The van der Waals surface area contributed by atoms with Crippen molar-refractivity contribution >= 4 is 21.6 Å². The van der Waals surface area contributed by atoms with E-state index in [2.05, 4.69) is 56.1 Å². The van der Waals surface area contributed by atoms with Crippen LogP contribution in [0.5, 0.6) is 0 Å². The van der Waals surface area contributed by atoms with E-state index in [-0.39, 0.29) is 0 Å². The van der Waals surface area contributed by atoms with Crippen LogP contribution >= 0.6 is 15.9 Å². The number of rotatable bonds is 3. The Balaban J connectivity index is 1.88. The highest BCUT2D eigenvalue weighted by Gasteiger charge is 2.15. The molecule has 0 unspecified atom stereocenters. The molecule has 82 valence electrons. The zero-order valence-corrected chi connectivity index (χ0v) is 10.5. The van der Waals surface area contributed by atoms with Gasteiger partial charge < -0.3 is 4.90 Å². The first-order chi connectivity index (χ1) is 7.40. The molecule has 1 saturated heterocycles. The molecular formula is C12H17BrN2. The average molecular weight is 269 g/mol. The van der Waals surface area contributed by atoms with Crippen molar-refractivity contribution in [2.24, 2.45) is 0 Å². The summed E-state index contributed by atoms with van der Waals surface area (Å²) in [5.74, 6) is 0. The van der Waals surface area contributed by atoms with Crippen molar-refractivity contribution in [2.75, 3.05) is 43.0 Å². The Labute approximate surface area is 100 Å². The lowest BCUT2D eigenvalue weighted by Gasteiger charge is -2.35. The van der Waals surface area contributed by atoms with Crippen LogP contribution in [-0.2, 0) is 0 Å². The molecule has 0 saturated carbocycles. The standard InChI is InChI=1S/C12H17BrN2/c13-6-7-14-8-10-15(11-9-14)12-4-2-1-3-5-12/h1-5H,6-11H2. The lowest BCUT2D eigenvalue weighted by Crippen LogP contribution is -2.46. The van der Waals surface area contributed by atoms with E-state index in [1.807, 2.05) is 0 Å². The maximum atomic E-state index is 3.49. The third-order valence-electron chi connectivity index (χ3n) is 2.89. The van der Waals surface area contributed by atoms with Gasteiger partial charge in [0, 0.05) is 43.7 Å². The van der Waals surface area contributed by atoms with Gasteiger partial charge in [-0.1, -0.05) is 34.1 Å². The number of benzene rings is 1. The number of hydrogen-bond donors (Lipinski definition) is 0. The van der Waals surface area contributed by atoms with Crippen molar-refractivity contribution in [1.29, 1.82) is 0 Å². The van der Waals surface area contributed by atoms with Crippen molar-refractivity contribution in [2.45, 2.75) is 0 Å². The third kappa shape index (κ3) is 2.95. The summed E-state index contributed by atoms with van der Waals surface area (Å²) in [4.78, 5) is 4.97. The monoisotopic (exact) mass is 268 g/mol. The molecule has 0 radical (unpaired) electrons. The smallest absolute Gasteiger partial charge is 0.0367 e. The normalized spacial score (nSPS) is 18.1. The SMILES string of the molecule is BrCCN1CCN(c2ccccc2)CC1. The van der Waals surface area contributed by atoms with Crippen molar-refractivity contribution in [3.63, 3.8) is 0 Å². The Morgan fingerprint density at radius 2 is 1.67 bits per heavy atom. The predicted molar refractivity (Wildman–Crippen MR) is 68.9 cm³/mol. The first-order valence-corrected chi connectivity index (χ1v) is 6.60. The predicted octanol–water partition coefficient (Wildman–Crippen LogP) is 2.20. The van der Waals surface area contributed by atoms with Crippen LogP contribution in [0.25, 0.3) is 0 Å². The van der Waals surface area contributed by atoms with Crippen LogP contribution in [0.15, 0.2) is 30.3 Å². The van der Waals surface area contributed by atoms with E-state index in [0.717, 1.165) is 18.4 Å². The van der Waals surface area contributed by atoms with Gasteiger partial charge in [-0.05, 0) is 12.1 Å². The molecule has 0 atom stereocenters. The Bertz CT molecular complexity index is 281. The number of piperazine rings is 1. The van der Waals surface area contributed by atoms with Crippen LogP contribution in [0.2, 0.25) is 0 Å². The van der Waals surface area contributed by atoms with E-state index in [9.17, 15) is 0 Å². The van der Waals surface area contributed by atoms with Gasteiger partial charge in [-0.3, -0.25) is 4.90 Å². The second-order valence-electron chi connectivity index (χ2n) is 3.85. The molecule has 0 aliphatic carbocycles. The maximum absolute atomic E-state index is 3.49. The summed E-state index contributed by atoms with van der Waals surface area (Å²) in [6, 6.07) is 10.7. The number of alkyl halides is 1. The molecule has 3 heteroatoms. The van der Waals surface area contributed by atoms with Crippen molar-refractivity contribution in [1.82, 2.24) is 4.90 Å².